The molecule has 132 valence electrons. The molecule has 25 heavy (non-hydrogen) atoms. The van der Waals surface area contributed by atoms with E-state index in [1.807, 2.05) is 24.3 Å². The number of nitrogens with two attached hydrogens (primary N) is 1. The lowest BCUT2D eigenvalue weighted by Crippen LogP contribution is -2.21. The summed E-state index contributed by atoms with van der Waals surface area (Å²) in [6, 6.07) is 13.7. The molecule has 2 rings (SSSR count). The zero-order chi connectivity index (χ0) is 18.4. The molecule has 0 spiro atoms. The molecule has 0 atom stereocenters. The zero-order valence-electron chi connectivity index (χ0n) is 14.6. The van der Waals surface area contributed by atoms with Crippen LogP contribution in [0.15, 0.2) is 48.5 Å². The largest absolute Gasteiger partial charge is 0.484 e. The number of carbonyl (C=O) groups is 2. The summed E-state index contributed by atoms with van der Waals surface area (Å²) in [6.07, 6.45) is 0. The number of rotatable bonds is 5. The van der Waals surface area contributed by atoms with Crippen LogP contribution in [0, 0.1) is 0 Å². The molecule has 2 aromatic rings. The van der Waals surface area contributed by atoms with E-state index in [0.717, 1.165) is 0 Å². The first-order valence-corrected chi connectivity index (χ1v) is 7.94. The highest BCUT2D eigenvalue weighted by atomic mass is 16.5. The topological polar surface area (TPSA) is 93.4 Å². The number of amides is 3. The third-order valence-electron chi connectivity index (χ3n) is 3.53. The first-order chi connectivity index (χ1) is 11.7. The Kier molecular flexibility index (Phi) is 5.64. The van der Waals surface area contributed by atoms with Gasteiger partial charge in [0.15, 0.2) is 6.61 Å². The SMILES string of the molecule is CC(C)(C)c1ccc(OCC(=O)Nc2ccc(NC(N)=O)cc2)cc1. The minimum Gasteiger partial charge on any atom is -0.484 e. The van der Waals surface area contributed by atoms with Crippen LogP contribution in [-0.2, 0) is 10.2 Å². The average molecular weight is 341 g/mol. The van der Waals surface area contributed by atoms with Crippen molar-refractivity contribution in [2.24, 2.45) is 5.73 Å². The van der Waals surface area contributed by atoms with Gasteiger partial charge in [-0.2, -0.15) is 0 Å². The fraction of sp³-hybridized carbons (Fsp3) is 0.263. The lowest BCUT2D eigenvalue weighted by Gasteiger charge is -2.19. The third-order valence-corrected chi connectivity index (χ3v) is 3.53. The maximum absolute atomic E-state index is 11.9. The molecule has 0 saturated carbocycles. The second-order valence-electron chi connectivity index (χ2n) is 6.68. The predicted octanol–water partition coefficient (Wildman–Crippen LogP) is 3.49. The minimum absolute atomic E-state index is 0.0748. The van der Waals surface area contributed by atoms with Gasteiger partial charge in [0.25, 0.3) is 5.91 Å². The molecule has 0 radical (unpaired) electrons. The Morgan fingerprint density at radius 3 is 1.92 bits per heavy atom. The Morgan fingerprint density at radius 1 is 0.920 bits per heavy atom. The van der Waals surface area contributed by atoms with Gasteiger partial charge in [-0.15, -0.1) is 0 Å². The van der Waals surface area contributed by atoms with Crippen molar-refractivity contribution in [3.8, 4) is 5.75 Å². The van der Waals surface area contributed by atoms with Gasteiger partial charge in [0.2, 0.25) is 0 Å². The molecule has 0 saturated heterocycles. The molecule has 3 amide bonds. The first kappa shape index (κ1) is 18.3. The second-order valence-corrected chi connectivity index (χ2v) is 6.68. The molecule has 0 bridgehead atoms. The van der Waals surface area contributed by atoms with E-state index in [4.69, 9.17) is 10.5 Å². The fourth-order valence-corrected chi connectivity index (χ4v) is 2.18. The monoisotopic (exact) mass is 341 g/mol. The van der Waals surface area contributed by atoms with E-state index in [2.05, 4.69) is 31.4 Å². The molecular formula is C19H23N3O3. The Morgan fingerprint density at radius 2 is 1.44 bits per heavy atom. The average Bonchev–Trinajstić information content (AvgIpc) is 2.54. The van der Waals surface area contributed by atoms with Crippen LogP contribution in [0.5, 0.6) is 5.75 Å². The lowest BCUT2D eigenvalue weighted by atomic mass is 9.87. The van der Waals surface area contributed by atoms with Gasteiger partial charge < -0.3 is 21.1 Å². The van der Waals surface area contributed by atoms with Crippen LogP contribution in [0.1, 0.15) is 26.3 Å². The van der Waals surface area contributed by atoms with Crippen molar-refractivity contribution in [3.05, 3.63) is 54.1 Å². The van der Waals surface area contributed by atoms with Crippen LogP contribution in [0.3, 0.4) is 0 Å². The van der Waals surface area contributed by atoms with Gasteiger partial charge >= 0.3 is 6.03 Å². The third kappa shape index (κ3) is 5.84. The molecule has 0 fully saturated rings. The number of urea groups is 1. The van der Waals surface area contributed by atoms with Gasteiger partial charge in [-0.05, 0) is 47.4 Å². The molecule has 6 heteroatoms. The Labute approximate surface area is 147 Å². The van der Waals surface area contributed by atoms with E-state index in [-0.39, 0.29) is 17.9 Å². The summed E-state index contributed by atoms with van der Waals surface area (Å²) >= 11 is 0. The standard InChI is InChI=1S/C19H23N3O3/c1-19(2,3)13-4-10-16(11-5-13)25-12-17(23)21-14-6-8-15(9-7-14)22-18(20)24/h4-11H,12H2,1-3H3,(H,21,23)(H3,20,22,24). The molecule has 6 nitrogen and oxygen atoms in total. The number of carbonyl (C=O) groups excluding carboxylic acids is 2. The molecule has 0 aromatic heterocycles. The van der Waals surface area contributed by atoms with Gasteiger partial charge in [0, 0.05) is 11.4 Å². The maximum Gasteiger partial charge on any atom is 0.316 e. The van der Waals surface area contributed by atoms with Gasteiger partial charge in [-0.3, -0.25) is 4.79 Å². The van der Waals surface area contributed by atoms with Gasteiger partial charge in [-0.25, -0.2) is 4.79 Å². The maximum atomic E-state index is 11.9. The summed E-state index contributed by atoms with van der Waals surface area (Å²) in [6.45, 7) is 6.33. The highest BCUT2D eigenvalue weighted by molar-refractivity contribution is 5.92. The second kappa shape index (κ2) is 7.70. The van der Waals surface area contributed by atoms with Crippen molar-refractivity contribution in [1.29, 1.82) is 0 Å². The van der Waals surface area contributed by atoms with Crippen LogP contribution in [-0.4, -0.2) is 18.5 Å². The van der Waals surface area contributed by atoms with Gasteiger partial charge in [0.05, 0.1) is 0 Å². The van der Waals surface area contributed by atoms with E-state index >= 15 is 0 Å². The van der Waals surface area contributed by atoms with E-state index in [1.54, 1.807) is 24.3 Å². The summed E-state index contributed by atoms with van der Waals surface area (Å²) in [5.41, 5.74) is 7.47. The Balaban J connectivity index is 1.85. The summed E-state index contributed by atoms with van der Waals surface area (Å²) in [4.78, 5) is 22.7. The Hall–Kier alpha value is -3.02. The highest BCUT2D eigenvalue weighted by Crippen LogP contribution is 2.24. The molecule has 0 heterocycles. The van der Waals surface area contributed by atoms with E-state index in [9.17, 15) is 9.59 Å². The Bertz CT molecular complexity index is 732. The number of benzene rings is 2. The highest BCUT2D eigenvalue weighted by Gasteiger charge is 2.13. The summed E-state index contributed by atoms with van der Waals surface area (Å²) in [7, 11) is 0. The lowest BCUT2D eigenvalue weighted by molar-refractivity contribution is -0.118. The summed E-state index contributed by atoms with van der Waals surface area (Å²) < 4.78 is 5.50. The van der Waals surface area contributed by atoms with Crippen LogP contribution < -0.4 is 21.1 Å². The number of anilines is 2. The van der Waals surface area contributed by atoms with Gasteiger partial charge in [0.1, 0.15) is 5.75 Å². The molecular weight excluding hydrogens is 318 g/mol. The van der Waals surface area contributed by atoms with Crippen molar-refractivity contribution in [1.82, 2.24) is 0 Å². The smallest absolute Gasteiger partial charge is 0.316 e. The normalized spacial score (nSPS) is 10.8. The van der Waals surface area contributed by atoms with Crippen molar-refractivity contribution in [2.45, 2.75) is 26.2 Å². The predicted molar refractivity (Wildman–Crippen MR) is 98.9 cm³/mol. The summed E-state index contributed by atoms with van der Waals surface area (Å²) in [5.74, 6) is 0.375. The zero-order valence-corrected chi connectivity index (χ0v) is 14.6. The van der Waals surface area contributed by atoms with E-state index in [0.29, 0.717) is 17.1 Å². The molecule has 0 aliphatic heterocycles. The van der Waals surface area contributed by atoms with E-state index < -0.39 is 6.03 Å². The number of nitrogens with one attached hydrogen (secondary N) is 2. The molecule has 0 aliphatic rings. The van der Waals surface area contributed by atoms with E-state index in [1.165, 1.54) is 5.56 Å². The number of hydrogen-bond donors (Lipinski definition) is 3. The number of hydrogen-bond acceptors (Lipinski definition) is 3. The first-order valence-electron chi connectivity index (χ1n) is 7.94. The number of ether oxygens (including phenoxy) is 1. The van der Waals surface area contributed by atoms with Gasteiger partial charge in [-0.1, -0.05) is 32.9 Å². The van der Waals surface area contributed by atoms with Crippen LogP contribution >= 0.6 is 0 Å². The van der Waals surface area contributed by atoms with Crippen molar-refractivity contribution in [3.63, 3.8) is 0 Å². The van der Waals surface area contributed by atoms with Crippen LogP contribution in [0.4, 0.5) is 16.2 Å². The molecule has 0 unspecified atom stereocenters. The molecule has 2 aromatic carbocycles. The summed E-state index contributed by atoms with van der Waals surface area (Å²) in [5, 5.41) is 5.17. The number of primary amides is 1. The van der Waals surface area contributed by atoms with Crippen molar-refractivity contribution < 1.29 is 14.3 Å². The van der Waals surface area contributed by atoms with Crippen LogP contribution in [0.25, 0.3) is 0 Å². The quantitative estimate of drug-likeness (QED) is 0.777. The molecule has 4 N–H and O–H groups in total. The molecule has 0 aliphatic carbocycles. The van der Waals surface area contributed by atoms with Crippen molar-refractivity contribution >= 4 is 23.3 Å². The van der Waals surface area contributed by atoms with Crippen molar-refractivity contribution in [2.75, 3.05) is 17.2 Å². The van der Waals surface area contributed by atoms with Crippen LogP contribution in [0.2, 0.25) is 0 Å². The fourth-order valence-electron chi connectivity index (χ4n) is 2.18. The minimum atomic E-state index is -0.636.